The lowest BCUT2D eigenvalue weighted by Gasteiger charge is -2.16. The largest absolute Gasteiger partial charge is 0.462 e. The summed E-state index contributed by atoms with van der Waals surface area (Å²) in [5.41, 5.74) is 9.59. The molecule has 4 aromatic rings. The molecule has 2 aromatic heterocycles. The van der Waals surface area contributed by atoms with Gasteiger partial charge in [0.1, 0.15) is 4.83 Å². The monoisotopic (exact) mass is 450 g/mol. The first-order valence-electron chi connectivity index (χ1n) is 9.67. The average molecular weight is 451 g/mol. The number of aromatic nitrogens is 1. The smallest absolute Gasteiger partial charge is 0.341 e. The number of Topliss-reactive ketones (excluding diaryl/α,β-unsaturated/α-hetero) is 1. The van der Waals surface area contributed by atoms with E-state index in [2.05, 4.69) is 0 Å². The van der Waals surface area contributed by atoms with Gasteiger partial charge in [0.15, 0.2) is 5.78 Å². The highest BCUT2D eigenvalue weighted by atomic mass is 35.5. The van der Waals surface area contributed by atoms with Gasteiger partial charge in [-0.1, -0.05) is 54.1 Å². The van der Waals surface area contributed by atoms with Gasteiger partial charge in [0.05, 0.1) is 28.4 Å². The van der Waals surface area contributed by atoms with Crippen LogP contribution in [0.4, 0.5) is 5.69 Å². The summed E-state index contributed by atoms with van der Waals surface area (Å²) in [5, 5.41) is 1.14. The molecule has 2 heterocycles. The van der Waals surface area contributed by atoms with Crippen LogP contribution in [-0.4, -0.2) is 23.3 Å². The molecular formula is C24H19ClN2O3S. The number of nitrogens with two attached hydrogens (primary N) is 1. The maximum Gasteiger partial charge on any atom is 0.341 e. The van der Waals surface area contributed by atoms with E-state index in [-0.39, 0.29) is 12.4 Å². The van der Waals surface area contributed by atoms with Crippen LogP contribution in [0.15, 0.2) is 54.6 Å². The quantitative estimate of drug-likeness (QED) is 0.287. The van der Waals surface area contributed by atoms with Crippen LogP contribution in [0, 0.1) is 0 Å². The molecule has 2 N–H and O–H groups in total. The number of ketones is 1. The number of esters is 1. The Morgan fingerprint density at radius 1 is 1.06 bits per heavy atom. The minimum absolute atomic E-state index is 0.151. The standard InChI is InChI=1S/C24H19ClN2O3S/c1-3-30-24(29)19-17(14-9-11-16(25)12-10-14)18-20(26)22(13(2)28)31-23(18)27-21(19)15-7-5-4-6-8-15/h4-12H,3,26H2,1-2H3. The number of ether oxygens (including phenoxy) is 1. The van der Waals surface area contributed by atoms with Gasteiger partial charge in [-0.3, -0.25) is 4.79 Å². The number of nitrogen functional groups attached to an aromatic ring is 1. The van der Waals surface area contributed by atoms with Gasteiger partial charge >= 0.3 is 5.97 Å². The van der Waals surface area contributed by atoms with Gasteiger partial charge < -0.3 is 10.5 Å². The van der Waals surface area contributed by atoms with Gasteiger partial charge in [0.25, 0.3) is 0 Å². The third-order valence-corrected chi connectivity index (χ3v) is 6.31. The van der Waals surface area contributed by atoms with E-state index in [4.69, 9.17) is 27.1 Å². The van der Waals surface area contributed by atoms with Crippen molar-refractivity contribution in [2.24, 2.45) is 0 Å². The Morgan fingerprint density at radius 3 is 2.35 bits per heavy atom. The maximum absolute atomic E-state index is 13.2. The van der Waals surface area contributed by atoms with Crippen molar-refractivity contribution in [2.75, 3.05) is 12.3 Å². The second-order valence-corrected chi connectivity index (χ2v) is 8.32. The minimum Gasteiger partial charge on any atom is -0.462 e. The maximum atomic E-state index is 13.2. The molecule has 0 fully saturated rings. The first kappa shape index (κ1) is 21.0. The molecule has 4 rings (SSSR count). The zero-order valence-corrected chi connectivity index (χ0v) is 18.5. The number of pyridine rings is 1. The fourth-order valence-corrected chi connectivity index (χ4v) is 4.65. The third-order valence-electron chi connectivity index (χ3n) is 4.86. The first-order valence-corrected chi connectivity index (χ1v) is 10.9. The number of halogens is 1. The normalized spacial score (nSPS) is 10.9. The van der Waals surface area contributed by atoms with Gasteiger partial charge in [-0.2, -0.15) is 0 Å². The number of thiophene rings is 1. The number of nitrogens with zero attached hydrogens (tertiary/aromatic N) is 1. The van der Waals surface area contributed by atoms with E-state index in [1.807, 2.05) is 42.5 Å². The van der Waals surface area contributed by atoms with Crippen molar-refractivity contribution in [1.29, 1.82) is 0 Å². The Labute approximate surface area is 188 Å². The molecule has 0 spiro atoms. The van der Waals surface area contributed by atoms with Crippen LogP contribution in [0.5, 0.6) is 0 Å². The zero-order chi connectivity index (χ0) is 22.1. The summed E-state index contributed by atoms with van der Waals surface area (Å²) in [6.45, 7) is 3.43. The number of rotatable bonds is 5. The molecule has 0 saturated carbocycles. The van der Waals surface area contributed by atoms with E-state index in [9.17, 15) is 9.59 Å². The highest BCUT2D eigenvalue weighted by molar-refractivity contribution is 7.21. The van der Waals surface area contributed by atoms with E-state index >= 15 is 0 Å². The summed E-state index contributed by atoms with van der Waals surface area (Å²) in [7, 11) is 0. The molecule has 31 heavy (non-hydrogen) atoms. The van der Waals surface area contributed by atoms with Gasteiger partial charge in [0.2, 0.25) is 0 Å². The molecule has 0 aliphatic rings. The molecular weight excluding hydrogens is 432 g/mol. The van der Waals surface area contributed by atoms with Crippen LogP contribution < -0.4 is 5.73 Å². The highest BCUT2D eigenvalue weighted by Gasteiger charge is 2.28. The summed E-state index contributed by atoms with van der Waals surface area (Å²) in [4.78, 5) is 31.2. The lowest BCUT2D eigenvalue weighted by atomic mass is 9.92. The molecule has 0 aliphatic carbocycles. The predicted molar refractivity (Wildman–Crippen MR) is 126 cm³/mol. The number of hydrogen-bond donors (Lipinski definition) is 1. The van der Waals surface area contributed by atoms with Gasteiger partial charge in [0, 0.05) is 28.5 Å². The van der Waals surface area contributed by atoms with E-state index in [0.29, 0.717) is 42.6 Å². The molecule has 0 bridgehead atoms. The Balaban J connectivity index is 2.19. The van der Waals surface area contributed by atoms with Crippen molar-refractivity contribution >= 4 is 50.6 Å². The lowest BCUT2D eigenvalue weighted by Crippen LogP contribution is -2.10. The lowest BCUT2D eigenvalue weighted by molar-refractivity contribution is 0.0528. The number of anilines is 1. The minimum atomic E-state index is -0.504. The molecule has 5 nitrogen and oxygen atoms in total. The summed E-state index contributed by atoms with van der Waals surface area (Å²) in [6, 6.07) is 16.5. The molecule has 7 heteroatoms. The number of benzene rings is 2. The van der Waals surface area contributed by atoms with Gasteiger partial charge in [-0.05, 0) is 24.6 Å². The van der Waals surface area contributed by atoms with Gasteiger partial charge in [-0.15, -0.1) is 11.3 Å². The Bertz CT molecular complexity index is 1300. The topological polar surface area (TPSA) is 82.3 Å². The fourth-order valence-electron chi connectivity index (χ4n) is 3.53. The molecule has 0 aliphatic heterocycles. The second-order valence-electron chi connectivity index (χ2n) is 6.88. The van der Waals surface area contributed by atoms with Gasteiger partial charge in [-0.25, -0.2) is 9.78 Å². The number of fused-ring (bicyclic) bond motifs is 1. The number of hydrogen-bond acceptors (Lipinski definition) is 6. The van der Waals surface area contributed by atoms with Crippen LogP contribution in [0.2, 0.25) is 5.02 Å². The van der Waals surface area contributed by atoms with E-state index < -0.39 is 5.97 Å². The van der Waals surface area contributed by atoms with Crippen molar-refractivity contribution in [3.63, 3.8) is 0 Å². The van der Waals surface area contributed by atoms with Crippen LogP contribution in [0.1, 0.15) is 33.9 Å². The highest BCUT2D eigenvalue weighted by Crippen LogP contribution is 2.44. The van der Waals surface area contributed by atoms with Crippen molar-refractivity contribution in [2.45, 2.75) is 13.8 Å². The predicted octanol–water partition coefficient (Wildman–Crippen LogP) is 6.25. The summed E-state index contributed by atoms with van der Waals surface area (Å²) in [5.74, 6) is -0.655. The summed E-state index contributed by atoms with van der Waals surface area (Å²) in [6.07, 6.45) is 0. The van der Waals surface area contributed by atoms with Crippen molar-refractivity contribution in [3.8, 4) is 22.4 Å². The molecule has 0 amide bonds. The average Bonchev–Trinajstić information content (AvgIpc) is 3.10. The third kappa shape index (κ3) is 3.80. The summed E-state index contributed by atoms with van der Waals surface area (Å²) >= 11 is 7.33. The van der Waals surface area contributed by atoms with Crippen LogP contribution in [-0.2, 0) is 4.74 Å². The Kier molecular flexibility index (Phi) is 5.76. The van der Waals surface area contributed by atoms with Crippen molar-refractivity contribution < 1.29 is 14.3 Å². The molecule has 0 unspecified atom stereocenters. The second kappa shape index (κ2) is 8.49. The van der Waals surface area contributed by atoms with Crippen LogP contribution >= 0.6 is 22.9 Å². The zero-order valence-electron chi connectivity index (χ0n) is 16.9. The molecule has 0 saturated heterocycles. The molecule has 156 valence electrons. The SMILES string of the molecule is CCOC(=O)c1c(-c2ccccc2)nc2sc(C(C)=O)c(N)c2c1-c1ccc(Cl)cc1. The Hall–Kier alpha value is -3.22. The number of carbonyl (C=O) groups excluding carboxylic acids is 2. The van der Waals surface area contributed by atoms with Crippen LogP contribution in [0.25, 0.3) is 32.6 Å². The van der Waals surface area contributed by atoms with E-state index in [1.165, 1.54) is 18.3 Å². The molecule has 2 aromatic carbocycles. The first-order chi connectivity index (χ1) is 14.9. The van der Waals surface area contributed by atoms with Crippen molar-refractivity contribution in [3.05, 3.63) is 70.1 Å². The molecule has 0 radical (unpaired) electrons. The van der Waals surface area contributed by atoms with Crippen molar-refractivity contribution in [1.82, 2.24) is 4.98 Å². The summed E-state index contributed by atoms with van der Waals surface area (Å²) < 4.78 is 5.41. The fraction of sp³-hybridized carbons (Fsp3) is 0.125. The van der Waals surface area contributed by atoms with E-state index in [1.54, 1.807) is 19.1 Å². The Morgan fingerprint density at radius 2 is 1.74 bits per heavy atom. The number of carbonyl (C=O) groups is 2. The van der Waals surface area contributed by atoms with Crippen LogP contribution in [0.3, 0.4) is 0 Å². The molecule has 0 atom stereocenters. The van der Waals surface area contributed by atoms with E-state index in [0.717, 1.165) is 11.1 Å².